The van der Waals surface area contributed by atoms with E-state index in [-0.39, 0.29) is 12.1 Å². The number of carbonyl (C=O) groups is 2. The molecule has 0 spiro atoms. The number of rotatable bonds is 1. The van der Waals surface area contributed by atoms with Crippen LogP contribution in [0.3, 0.4) is 0 Å². The van der Waals surface area contributed by atoms with Gasteiger partial charge in [-0.15, -0.1) is 0 Å². The van der Waals surface area contributed by atoms with E-state index in [1.54, 1.807) is 4.90 Å². The molecule has 0 aliphatic carbocycles. The smallest absolute Gasteiger partial charge is 0.320 e. The summed E-state index contributed by atoms with van der Waals surface area (Å²) in [4.78, 5) is 26.8. The second-order valence-corrected chi connectivity index (χ2v) is 5.00. The van der Waals surface area contributed by atoms with Gasteiger partial charge >= 0.3 is 12.0 Å². The van der Waals surface area contributed by atoms with Crippen molar-refractivity contribution >= 4 is 12.0 Å². The van der Waals surface area contributed by atoms with E-state index in [9.17, 15) is 9.59 Å². The molecule has 2 amide bonds. The van der Waals surface area contributed by atoms with Crippen LogP contribution in [0, 0.1) is 5.92 Å². The van der Waals surface area contributed by atoms with Crippen LogP contribution in [0.15, 0.2) is 0 Å². The summed E-state index contributed by atoms with van der Waals surface area (Å²) in [6, 6.07) is -0.150. The summed E-state index contributed by atoms with van der Waals surface area (Å²) in [5.74, 6) is -1.19. The van der Waals surface area contributed by atoms with Crippen LogP contribution in [-0.4, -0.2) is 52.6 Å². The topological polar surface area (TPSA) is 60.9 Å². The molecule has 0 aromatic heterocycles. The van der Waals surface area contributed by atoms with Crippen LogP contribution >= 0.6 is 0 Å². The number of amides is 2. The van der Waals surface area contributed by atoms with Gasteiger partial charge in [0.15, 0.2) is 0 Å². The molecule has 5 heteroatoms. The third-order valence-corrected chi connectivity index (χ3v) is 3.94. The maximum Gasteiger partial charge on any atom is 0.320 e. The SMILES string of the molecule is CC1C(C(=O)O)CCN1C(=O)N1CCCCC1. The van der Waals surface area contributed by atoms with Crippen molar-refractivity contribution in [2.75, 3.05) is 19.6 Å². The Kier molecular flexibility index (Phi) is 3.54. The Morgan fingerprint density at radius 3 is 2.29 bits per heavy atom. The highest BCUT2D eigenvalue weighted by Crippen LogP contribution is 2.26. The van der Waals surface area contributed by atoms with E-state index in [0.29, 0.717) is 13.0 Å². The van der Waals surface area contributed by atoms with Crippen LogP contribution in [0.5, 0.6) is 0 Å². The molecule has 1 N–H and O–H groups in total. The molecule has 2 rings (SSSR count). The molecule has 17 heavy (non-hydrogen) atoms. The van der Waals surface area contributed by atoms with Gasteiger partial charge in [-0.25, -0.2) is 4.79 Å². The van der Waals surface area contributed by atoms with Gasteiger partial charge < -0.3 is 14.9 Å². The lowest BCUT2D eigenvalue weighted by Crippen LogP contribution is -2.47. The van der Waals surface area contributed by atoms with Crippen LogP contribution in [0.4, 0.5) is 4.79 Å². The first-order valence-corrected chi connectivity index (χ1v) is 6.39. The van der Waals surface area contributed by atoms with Crippen molar-refractivity contribution in [1.29, 1.82) is 0 Å². The Morgan fingerprint density at radius 2 is 1.76 bits per heavy atom. The molecule has 2 saturated heterocycles. The highest BCUT2D eigenvalue weighted by molar-refractivity contribution is 5.78. The number of aliphatic carboxylic acids is 1. The highest BCUT2D eigenvalue weighted by atomic mass is 16.4. The largest absolute Gasteiger partial charge is 0.481 e. The first-order chi connectivity index (χ1) is 8.11. The van der Waals surface area contributed by atoms with Gasteiger partial charge in [0.25, 0.3) is 0 Å². The number of carbonyl (C=O) groups excluding carboxylic acids is 1. The molecule has 2 fully saturated rings. The number of urea groups is 1. The van der Waals surface area contributed by atoms with Crippen LogP contribution in [0.2, 0.25) is 0 Å². The van der Waals surface area contributed by atoms with E-state index in [1.165, 1.54) is 6.42 Å². The number of likely N-dealkylation sites (tertiary alicyclic amines) is 2. The summed E-state index contributed by atoms with van der Waals surface area (Å²) in [6.07, 6.45) is 3.90. The average molecular weight is 240 g/mol. The fourth-order valence-corrected chi connectivity index (χ4v) is 2.81. The number of piperidine rings is 1. The minimum Gasteiger partial charge on any atom is -0.481 e. The summed E-state index contributed by atoms with van der Waals surface area (Å²) < 4.78 is 0. The van der Waals surface area contributed by atoms with Crippen LogP contribution in [0.1, 0.15) is 32.6 Å². The number of nitrogens with zero attached hydrogens (tertiary/aromatic N) is 2. The van der Waals surface area contributed by atoms with E-state index >= 15 is 0 Å². The fraction of sp³-hybridized carbons (Fsp3) is 0.833. The van der Waals surface area contributed by atoms with Gasteiger partial charge in [0, 0.05) is 25.7 Å². The molecule has 0 saturated carbocycles. The van der Waals surface area contributed by atoms with Crippen molar-refractivity contribution in [3.8, 4) is 0 Å². The maximum atomic E-state index is 12.2. The van der Waals surface area contributed by atoms with E-state index in [2.05, 4.69) is 0 Å². The molecule has 5 nitrogen and oxygen atoms in total. The number of hydrogen-bond acceptors (Lipinski definition) is 2. The third-order valence-electron chi connectivity index (χ3n) is 3.94. The summed E-state index contributed by atoms with van der Waals surface area (Å²) in [5.41, 5.74) is 0. The monoisotopic (exact) mass is 240 g/mol. The molecule has 2 unspecified atom stereocenters. The lowest BCUT2D eigenvalue weighted by Gasteiger charge is -2.33. The van der Waals surface area contributed by atoms with E-state index in [4.69, 9.17) is 5.11 Å². The molecule has 2 aliphatic heterocycles. The standard InChI is InChI=1S/C12H20N2O3/c1-9-10(11(15)16)5-8-14(9)12(17)13-6-3-2-4-7-13/h9-10H,2-8H2,1H3,(H,15,16). The number of carboxylic acids is 1. The zero-order valence-corrected chi connectivity index (χ0v) is 10.3. The normalized spacial score (nSPS) is 29.5. The molecule has 2 aliphatic rings. The molecule has 0 radical (unpaired) electrons. The lowest BCUT2D eigenvalue weighted by atomic mass is 10.0. The van der Waals surface area contributed by atoms with Gasteiger partial charge in [0.2, 0.25) is 0 Å². The second kappa shape index (κ2) is 4.94. The van der Waals surface area contributed by atoms with Crippen molar-refractivity contribution in [3.63, 3.8) is 0 Å². The van der Waals surface area contributed by atoms with E-state index in [0.717, 1.165) is 25.9 Å². The molecule has 0 aromatic rings. The molecule has 96 valence electrons. The summed E-state index contributed by atoms with van der Waals surface area (Å²) in [5, 5.41) is 9.04. The van der Waals surface area contributed by atoms with Crippen molar-refractivity contribution in [3.05, 3.63) is 0 Å². The Labute approximate surface area is 101 Å². The van der Waals surface area contributed by atoms with Crippen molar-refractivity contribution in [1.82, 2.24) is 9.80 Å². The first kappa shape index (κ1) is 12.2. The van der Waals surface area contributed by atoms with Gasteiger partial charge in [-0.2, -0.15) is 0 Å². The quantitative estimate of drug-likeness (QED) is 0.753. The van der Waals surface area contributed by atoms with Crippen LogP contribution in [0.25, 0.3) is 0 Å². The van der Waals surface area contributed by atoms with E-state index in [1.807, 2.05) is 11.8 Å². The Bertz CT molecular complexity index is 313. The lowest BCUT2D eigenvalue weighted by molar-refractivity contribution is -0.142. The predicted octanol–water partition coefficient (Wildman–Crippen LogP) is 1.39. The van der Waals surface area contributed by atoms with Gasteiger partial charge in [-0.05, 0) is 32.6 Å². The maximum absolute atomic E-state index is 12.2. The Morgan fingerprint density at radius 1 is 1.12 bits per heavy atom. The van der Waals surface area contributed by atoms with Gasteiger partial charge in [0.1, 0.15) is 0 Å². The Hall–Kier alpha value is -1.26. The van der Waals surface area contributed by atoms with Gasteiger partial charge in [0.05, 0.1) is 5.92 Å². The average Bonchev–Trinajstić information content (AvgIpc) is 2.71. The molecular formula is C12H20N2O3. The zero-order valence-electron chi connectivity index (χ0n) is 10.3. The molecule has 2 atom stereocenters. The first-order valence-electron chi connectivity index (χ1n) is 6.39. The molecular weight excluding hydrogens is 220 g/mol. The summed E-state index contributed by atoms with van der Waals surface area (Å²) >= 11 is 0. The molecule has 2 heterocycles. The van der Waals surface area contributed by atoms with Crippen molar-refractivity contribution in [2.24, 2.45) is 5.92 Å². The third kappa shape index (κ3) is 2.37. The fourth-order valence-electron chi connectivity index (χ4n) is 2.81. The zero-order chi connectivity index (χ0) is 12.4. The van der Waals surface area contributed by atoms with Crippen LogP contribution < -0.4 is 0 Å². The van der Waals surface area contributed by atoms with E-state index < -0.39 is 11.9 Å². The van der Waals surface area contributed by atoms with Crippen molar-refractivity contribution in [2.45, 2.75) is 38.6 Å². The number of hydrogen-bond donors (Lipinski definition) is 1. The van der Waals surface area contributed by atoms with Gasteiger partial charge in [-0.3, -0.25) is 4.79 Å². The minimum atomic E-state index is -0.786. The van der Waals surface area contributed by atoms with Crippen molar-refractivity contribution < 1.29 is 14.7 Å². The highest BCUT2D eigenvalue weighted by Gasteiger charge is 2.39. The summed E-state index contributed by atoms with van der Waals surface area (Å²) in [6.45, 7) is 4.06. The van der Waals surface area contributed by atoms with Gasteiger partial charge in [-0.1, -0.05) is 0 Å². The van der Waals surface area contributed by atoms with Crippen LogP contribution in [-0.2, 0) is 4.79 Å². The molecule has 0 aromatic carbocycles. The molecule has 0 bridgehead atoms. The predicted molar refractivity (Wildman–Crippen MR) is 62.7 cm³/mol. The minimum absolute atomic E-state index is 0.0287. The number of carboxylic acid groups (broad SMARTS) is 1. The second-order valence-electron chi connectivity index (χ2n) is 5.00. The summed E-state index contributed by atoms with van der Waals surface area (Å²) in [7, 11) is 0. The Balaban J connectivity index is 1.98.